The molecule has 0 amide bonds. The molecule has 1 aromatic heterocycles. The Morgan fingerprint density at radius 2 is 2.57 bits per heavy atom. The van der Waals surface area contributed by atoms with Crippen molar-refractivity contribution in [1.82, 2.24) is 15.1 Å². The van der Waals surface area contributed by atoms with Crippen LogP contribution in [0.4, 0.5) is 0 Å². The van der Waals surface area contributed by atoms with Crippen molar-refractivity contribution < 1.29 is 9.90 Å². The fraction of sp³-hybridized carbons (Fsp3) is 0.500. The lowest BCUT2D eigenvalue weighted by atomic mass is 10.2. The minimum absolute atomic E-state index is 0.476. The molecular formula is C8H12ClN3O2. The Morgan fingerprint density at radius 1 is 1.86 bits per heavy atom. The van der Waals surface area contributed by atoms with Gasteiger partial charge in [0.15, 0.2) is 0 Å². The van der Waals surface area contributed by atoms with Crippen LogP contribution in [0.25, 0.3) is 0 Å². The van der Waals surface area contributed by atoms with Gasteiger partial charge in [-0.15, -0.1) is 0 Å². The summed E-state index contributed by atoms with van der Waals surface area (Å²) in [5.41, 5.74) is 0. The minimum Gasteiger partial charge on any atom is -0.480 e. The molecule has 0 saturated carbocycles. The molecule has 0 spiro atoms. The summed E-state index contributed by atoms with van der Waals surface area (Å²) >= 11 is 5.66. The second kappa shape index (κ2) is 4.97. The van der Waals surface area contributed by atoms with Crippen molar-refractivity contribution in [3.8, 4) is 0 Å². The van der Waals surface area contributed by atoms with Gasteiger partial charge >= 0.3 is 5.97 Å². The Bertz CT molecular complexity index is 313. The van der Waals surface area contributed by atoms with E-state index >= 15 is 0 Å². The number of carboxylic acids is 1. The molecule has 0 fully saturated rings. The van der Waals surface area contributed by atoms with Crippen LogP contribution in [0.5, 0.6) is 0 Å². The number of aryl methyl sites for hydroxylation is 1. The van der Waals surface area contributed by atoms with E-state index in [9.17, 15) is 4.79 Å². The predicted molar refractivity (Wildman–Crippen MR) is 52.3 cm³/mol. The second-order valence-corrected chi connectivity index (χ2v) is 3.33. The molecule has 0 radical (unpaired) electrons. The van der Waals surface area contributed by atoms with Gasteiger partial charge in [-0.05, 0) is 13.5 Å². The lowest BCUT2D eigenvalue weighted by Gasteiger charge is -2.10. The number of carboxylic acid groups (broad SMARTS) is 1. The lowest BCUT2D eigenvalue weighted by molar-refractivity contribution is -0.139. The van der Waals surface area contributed by atoms with Crippen molar-refractivity contribution in [3.63, 3.8) is 0 Å². The molecule has 0 aliphatic heterocycles. The molecule has 0 aliphatic carbocycles. The topological polar surface area (TPSA) is 67.2 Å². The molecule has 5 nitrogen and oxygen atoms in total. The summed E-state index contributed by atoms with van der Waals surface area (Å²) in [5, 5.41) is 15.9. The Morgan fingerprint density at radius 3 is 3.00 bits per heavy atom. The first-order valence-corrected chi connectivity index (χ1v) is 4.59. The first-order valence-electron chi connectivity index (χ1n) is 4.21. The van der Waals surface area contributed by atoms with Crippen molar-refractivity contribution in [1.29, 1.82) is 0 Å². The summed E-state index contributed by atoms with van der Waals surface area (Å²) in [6, 6.07) is -0.544. The van der Waals surface area contributed by atoms with Gasteiger partial charge in [0.2, 0.25) is 0 Å². The van der Waals surface area contributed by atoms with Crippen LogP contribution in [0, 0.1) is 0 Å². The fourth-order valence-electron chi connectivity index (χ4n) is 1.11. The van der Waals surface area contributed by atoms with Gasteiger partial charge in [0.25, 0.3) is 0 Å². The molecule has 14 heavy (non-hydrogen) atoms. The number of aromatic nitrogens is 2. The highest BCUT2D eigenvalue weighted by atomic mass is 35.5. The number of likely N-dealkylation sites (N-methyl/N-ethyl adjacent to an activating group) is 1. The number of aliphatic carboxylic acids is 1. The quantitative estimate of drug-likeness (QED) is 0.758. The number of hydrogen-bond acceptors (Lipinski definition) is 3. The third-order valence-corrected chi connectivity index (χ3v) is 2.09. The van der Waals surface area contributed by atoms with E-state index in [-0.39, 0.29) is 0 Å². The summed E-state index contributed by atoms with van der Waals surface area (Å²) in [7, 11) is 1.62. The molecule has 0 bridgehead atoms. The van der Waals surface area contributed by atoms with E-state index in [0.717, 1.165) is 0 Å². The van der Waals surface area contributed by atoms with Gasteiger partial charge in [-0.2, -0.15) is 5.10 Å². The van der Waals surface area contributed by atoms with Crippen LogP contribution in [0.1, 0.15) is 6.42 Å². The van der Waals surface area contributed by atoms with E-state index in [4.69, 9.17) is 16.7 Å². The minimum atomic E-state index is -0.856. The highest BCUT2D eigenvalue weighted by Crippen LogP contribution is 2.05. The fourth-order valence-corrected chi connectivity index (χ4v) is 1.27. The molecule has 78 valence electrons. The molecule has 0 aliphatic rings. The van der Waals surface area contributed by atoms with Crippen molar-refractivity contribution >= 4 is 17.6 Å². The van der Waals surface area contributed by atoms with Crippen molar-refractivity contribution in [2.45, 2.75) is 19.0 Å². The van der Waals surface area contributed by atoms with Gasteiger partial charge in [0.1, 0.15) is 6.04 Å². The average Bonchev–Trinajstić information content (AvgIpc) is 2.52. The molecule has 6 heteroatoms. The van der Waals surface area contributed by atoms with E-state index < -0.39 is 12.0 Å². The zero-order valence-electron chi connectivity index (χ0n) is 7.77. The maximum atomic E-state index is 10.6. The van der Waals surface area contributed by atoms with E-state index in [1.54, 1.807) is 17.9 Å². The van der Waals surface area contributed by atoms with Crippen LogP contribution in [0.15, 0.2) is 12.4 Å². The standard InChI is InChI=1S/C8H12ClN3O2/c1-10-7(8(13)14)2-3-12-5-6(9)4-11-12/h4-5,7,10H,2-3H2,1H3,(H,13,14). The zero-order valence-corrected chi connectivity index (χ0v) is 8.53. The number of nitrogens with one attached hydrogen (secondary N) is 1. The third-order valence-electron chi connectivity index (χ3n) is 1.90. The van der Waals surface area contributed by atoms with Gasteiger partial charge in [-0.25, -0.2) is 0 Å². The Labute approximate surface area is 86.7 Å². The van der Waals surface area contributed by atoms with Crippen LogP contribution in [0.3, 0.4) is 0 Å². The predicted octanol–water partition coefficient (Wildman–Crippen LogP) is 0.599. The molecular weight excluding hydrogens is 206 g/mol. The molecule has 0 aromatic carbocycles. The third kappa shape index (κ3) is 3.01. The first-order chi connectivity index (χ1) is 6.63. The van der Waals surface area contributed by atoms with Crippen LogP contribution in [0.2, 0.25) is 5.02 Å². The summed E-state index contributed by atoms with van der Waals surface area (Å²) in [6.07, 6.45) is 3.66. The highest BCUT2D eigenvalue weighted by molar-refractivity contribution is 6.30. The molecule has 0 saturated heterocycles. The van der Waals surface area contributed by atoms with E-state index in [1.165, 1.54) is 6.20 Å². The van der Waals surface area contributed by atoms with Gasteiger partial charge in [0, 0.05) is 12.7 Å². The molecule has 1 unspecified atom stereocenters. The molecule has 1 heterocycles. The van der Waals surface area contributed by atoms with Gasteiger partial charge in [0.05, 0.1) is 11.2 Å². The summed E-state index contributed by atoms with van der Waals surface area (Å²) in [6.45, 7) is 0.532. The largest absolute Gasteiger partial charge is 0.480 e. The van der Waals surface area contributed by atoms with Crippen LogP contribution >= 0.6 is 11.6 Å². The van der Waals surface area contributed by atoms with Crippen molar-refractivity contribution in [3.05, 3.63) is 17.4 Å². The zero-order chi connectivity index (χ0) is 10.6. The monoisotopic (exact) mass is 217 g/mol. The molecule has 1 atom stereocenters. The Balaban J connectivity index is 2.43. The van der Waals surface area contributed by atoms with Crippen LogP contribution in [-0.4, -0.2) is 33.9 Å². The highest BCUT2D eigenvalue weighted by Gasteiger charge is 2.14. The smallest absolute Gasteiger partial charge is 0.320 e. The Kier molecular flexibility index (Phi) is 3.91. The SMILES string of the molecule is CNC(CCn1cc(Cl)cn1)C(=O)O. The maximum Gasteiger partial charge on any atom is 0.320 e. The number of halogens is 1. The molecule has 1 rings (SSSR count). The second-order valence-electron chi connectivity index (χ2n) is 2.89. The Hall–Kier alpha value is -1.07. The van der Waals surface area contributed by atoms with Gasteiger partial charge in [-0.1, -0.05) is 11.6 Å². The number of carbonyl (C=O) groups is 1. The van der Waals surface area contributed by atoms with Gasteiger partial charge < -0.3 is 10.4 Å². The van der Waals surface area contributed by atoms with Gasteiger partial charge in [-0.3, -0.25) is 9.48 Å². The number of nitrogens with zero attached hydrogens (tertiary/aromatic N) is 2. The summed E-state index contributed by atoms with van der Waals surface area (Å²) in [4.78, 5) is 10.6. The maximum absolute atomic E-state index is 10.6. The number of rotatable bonds is 5. The van der Waals surface area contributed by atoms with E-state index in [0.29, 0.717) is 18.0 Å². The summed E-state index contributed by atoms with van der Waals surface area (Å²) in [5.74, 6) is -0.856. The molecule has 1 aromatic rings. The summed E-state index contributed by atoms with van der Waals surface area (Å²) < 4.78 is 1.62. The average molecular weight is 218 g/mol. The number of hydrogen-bond donors (Lipinski definition) is 2. The lowest BCUT2D eigenvalue weighted by Crippen LogP contribution is -2.34. The van der Waals surface area contributed by atoms with Crippen molar-refractivity contribution in [2.75, 3.05) is 7.05 Å². The van der Waals surface area contributed by atoms with E-state index in [2.05, 4.69) is 10.4 Å². The van der Waals surface area contributed by atoms with Crippen molar-refractivity contribution in [2.24, 2.45) is 0 Å². The van der Waals surface area contributed by atoms with E-state index in [1.807, 2.05) is 0 Å². The molecule has 2 N–H and O–H groups in total. The van der Waals surface area contributed by atoms with Crippen LogP contribution in [-0.2, 0) is 11.3 Å². The first kappa shape index (κ1) is 11.0. The normalized spacial score (nSPS) is 12.7. The van der Waals surface area contributed by atoms with Crippen LogP contribution < -0.4 is 5.32 Å².